The van der Waals surface area contributed by atoms with Gasteiger partial charge < -0.3 is 4.90 Å². The van der Waals surface area contributed by atoms with E-state index in [2.05, 4.69) is 11.0 Å². The average Bonchev–Trinajstić information content (AvgIpc) is 2.42. The molecule has 18 heavy (non-hydrogen) atoms. The predicted octanol–water partition coefficient (Wildman–Crippen LogP) is 3.82. The van der Waals surface area contributed by atoms with Gasteiger partial charge >= 0.3 is 0 Å². The lowest BCUT2D eigenvalue weighted by atomic mass is 9.96. The molecule has 1 saturated heterocycles. The minimum absolute atomic E-state index is 0.0828. The van der Waals surface area contributed by atoms with Crippen molar-refractivity contribution >= 4 is 11.6 Å². The largest absolute Gasteiger partial charge is 0.303 e. The first-order valence-corrected chi connectivity index (χ1v) is 7.05. The van der Waals surface area contributed by atoms with Crippen molar-refractivity contribution in [3.8, 4) is 6.07 Å². The van der Waals surface area contributed by atoms with Crippen LogP contribution in [0, 0.1) is 11.3 Å². The van der Waals surface area contributed by atoms with Gasteiger partial charge in [-0.05, 0) is 50.5 Å². The molecule has 0 aliphatic carbocycles. The minimum Gasteiger partial charge on any atom is -0.303 e. The van der Waals surface area contributed by atoms with Crippen molar-refractivity contribution in [2.75, 3.05) is 19.6 Å². The predicted molar refractivity (Wildman–Crippen MR) is 74.7 cm³/mol. The molecule has 0 N–H and O–H groups in total. The minimum atomic E-state index is -0.0828. The van der Waals surface area contributed by atoms with E-state index in [-0.39, 0.29) is 5.92 Å². The van der Waals surface area contributed by atoms with Crippen molar-refractivity contribution in [1.82, 2.24) is 4.90 Å². The SMILES string of the molecule is N#C[C@@H](CCN1CCCCC1)c1ccccc1Cl. The van der Waals surface area contributed by atoms with Crippen LogP contribution in [0.1, 0.15) is 37.2 Å². The fourth-order valence-corrected chi connectivity index (χ4v) is 2.81. The smallest absolute Gasteiger partial charge is 0.0739 e. The van der Waals surface area contributed by atoms with E-state index in [0.29, 0.717) is 5.02 Å². The van der Waals surface area contributed by atoms with Gasteiger partial charge in [0, 0.05) is 5.02 Å². The Morgan fingerprint density at radius 3 is 2.61 bits per heavy atom. The highest BCUT2D eigenvalue weighted by Crippen LogP contribution is 2.27. The van der Waals surface area contributed by atoms with Gasteiger partial charge in [-0.2, -0.15) is 5.26 Å². The Morgan fingerprint density at radius 1 is 1.22 bits per heavy atom. The number of likely N-dealkylation sites (tertiary alicyclic amines) is 1. The number of benzene rings is 1. The molecule has 1 aliphatic rings. The summed E-state index contributed by atoms with van der Waals surface area (Å²) in [4.78, 5) is 2.46. The van der Waals surface area contributed by atoms with Gasteiger partial charge in [0.15, 0.2) is 0 Å². The van der Waals surface area contributed by atoms with Gasteiger partial charge in [-0.1, -0.05) is 36.2 Å². The molecular weight excluding hydrogens is 244 g/mol. The van der Waals surface area contributed by atoms with E-state index in [9.17, 15) is 5.26 Å². The van der Waals surface area contributed by atoms with E-state index in [1.54, 1.807) is 0 Å². The Morgan fingerprint density at radius 2 is 1.94 bits per heavy atom. The second-order valence-electron chi connectivity index (χ2n) is 4.89. The van der Waals surface area contributed by atoms with Gasteiger partial charge in [0.25, 0.3) is 0 Å². The standard InChI is InChI=1S/C15H19ClN2/c16-15-7-3-2-6-14(15)13(12-17)8-11-18-9-4-1-5-10-18/h2-3,6-7,13H,1,4-5,8-11H2/t13-/m1/s1. The number of nitrogens with zero attached hydrogens (tertiary/aromatic N) is 2. The van der Waals surface area contributed by atoms with Gasteiger partial charge in [0.1, 0.15) is 0 Å². The van der Waals surface area contributed by atoms with Crippen LogP contribution in [0.25, 0.3) is 0 Å². The van der Waals surface area contributed by atoms with E-state index < -0.39 is 0 Å². The quantitative estimate of drug-likeness (QED) is 0.825. The average molecular weight is 263 g/mol. The normalized spacial score (nSPS) is 18.2. The van der Waals surface area contributed by atoms with E-state index in [1.807, 2.05) is 24.3 Å². The Kier molecular flexibility index (Phi) is 5.04. The second-order valence-corrected chi connectivity index (χ2v) is 5.30. The highest BCUT2D eigenvalue weighted by atomic mass is 35.5. The Labute approximate surface area is 114 Å². The topological polar surface area (TPSA) is 27.0 Å². The fraction of sp³-hybridized carbons (Fsp3) is 0.533. The Bertz CT molecular complexity index is 419. The molecule has 1 atom stereocenters. The summed E-state index contributed by atoms with van der Waals surface area (Å²) in [6.45, 7) is 3.37. The summed E-state index contributed by atoms with van der Waals surface area (Å²) in [7, 11) is 0. The van der Waals surface area contributed by atoms with Crippen LogP contribution in [-0.4, -0.2) is 24.5 Å². The van der Waals surface area contributed by atoms with Crippen molar-refractivity contribution in [3.05, 3.63) is 34.9 Å². The van der Waals surface area contributed by atoms with E-state index in [4.69, 9.17) is 11.6 Å². The zero-order valence-electron chi connectivity index (χ0n) is 10.6. The highest BCUT2D eigenvalue weighted by molar-refractivity contribution is 6.31. The van der Waals surface area contributed by atoms with Crippen LogP contribution >= 0.6 is 11.6 Å². The fourth-order valence-electron chi connectivity index (χ4n) is 2.54. The molecule has 3 heteroatoms. The summed E-state index contributed by atoms with van der Waals surface area (Å²) < 4.78 is 0. The first kappa shape index (κ1) is 13.4. The first-order chi connectivity index (χ1) is 8.81. The molecule has 0 radical (unpaired) electrons. The molecular formula is C15H19ClN2. The number of hydrogen-bond donors (Lipinski definition) is 0. The molecule has 0 unspecified atom stereocenters. The number of hydrogen-bond acceptors (Lipinski definition) is 2. The van der Waals surface area contributed by atoms with Crippen molar-refractivity contribution < 1.29 is 0 Å². The van der Waals surface area contributed by atoms with Gasteiger partial charge in [-0.3, -0.25) is 0 Å². The van der Waals surface area contributed by atoms with Gasteiger partial charge in [0.2, 0.25) is 0 Å². The van der Waals surface area contributed by atoms with Crippen molar-refractivity contribution in [3.63, 3.8) is 0 Å². The van der Waals surface area contributed by atoms with Crippen LogP contribution in [0.3, 0.4) is 0 Å². The van der Waals surface area contributed by atoms with Crippen molar-refractivity contribution in [2.45, 2.75) is 31.6 Å². The maximum absolute atomic E-state index is 9.31. The molecule has 1 aromatic rings. The Balaban J connectivity index is 1.93. The molecule has 2 nitrogen and oxygen atoms in total. The summed E-state index contributed by atoms with van der Waals surface area (Å²) in [6.07, 6.45) is 4.82. The molecule has 0 bridgehead atoms. The second kappa shape index (κ2) is 6.78. The van der Waals surface area contributed by atoms with Crippen LogP contribution in [-0.2, 0) is 0 Å². The van der Waals surface area contributed by atoms with Crippen LogP contribution in [0.15, 0.2) is 24.3 Å². The third-order valence-corrected chi connectivity index (χ3v) is 3.96. The molecule has 0 spiro atoms. The monoisotopic (exact) mass is 262 g/mol. The third-order valence-electron chi connectivity index (χ3n) is 3.62. The molecule has 0 aromatic heterocycles. The zero-order valence-corrected chi connectivity index (χ0v) is 11.4. The summed E-state index contributed by atoms with van der Waals surface area (Å²) in [6, 6.07) is 10.1. The summed E-state index contributed by atoms with van der Waals surface area (Å²) in [5.74, 6) is -0.0828. The molecule has 1 aliphatic heterocycles. The lowest BCUT2D eigenvalue weighted by Gasteiger charge is -2.27. The molecule has 96 valence electrons. The molecule has 0 amide bonds. The maximum Gasteiger partial charge on any atom is 0.0739 e. The van der Waals surface area contributed by atoms with Crippen LogP contribution < -0.4 is 0 Å². The van der Waals surface area contributed by atoms with Gasteiger partial charge in [0.05, 0.1) is 12.0 Å². The lowest BCUT2D eigenvalue weighted by molar-refractivity contribution is 0.224. The summed E-state index contributed by atoms with van der Waals surface area (Å²) in [5.41, 5.74) is 0.971. The van der Waals surface area contributed by atoms with Crippen LogP contribution in [0.5, 0.6) is 0 Å². The Hall–Kier alpha value is -1.04. The molecule has 1 fully saturated rings. The zero-order chi connectivity index (χ0) is 12.8. The van der Waals surface area contributed by atoms with Gasteiger partial charge in [-0.25, -0.2) is 0 Å². The van der Waals surface area contributed by atoms with Crippen molar-refractivity contribution in [2.24, 2.45) is 0 Å². The third kappa shape index (κ3) is 3.48. The van der Waals surface area contributed by atoms with Gasteiger partial charge in [-0.15, -0.1) is 0 Å². The van der Waals surface area contributed by atoms with E-state index in [0.717, 1.165) is 18.5 Å². The first-order valence-electron chi connectivity index (χ1n) is 6.67. The number of piperidine rings is 1. The molecule has 1 heterocycles. The van der Waals surface area contributed by atoms with Crippen LogP contribution in [0.4, 0.5) is 0 Å². The maximum atomic E-state index is 9.31. The number of halogens is 1. The molecule has 1 aromatic carbocycles. The highest BCUT2D eigenvalue weighted by Gasteiger charge is 2.16. The summed E-state index contributed by atoms with van der Waals surface area (Å²) >= 11 is 6.15. The summed E-state index contributed by atoms with van der Waals surface area (Å²) in [5, 5.41) is 10.0. The number of nitriles is 1. The molecule has 0 saturated carbocycles. The number of rotatable bonds is 4. The van der Waals surface area contributed by atoms with E-state index in [1.165, 1.54) is 32.4 Å². The molecule has 2 rings (SSSR count). The van der Waals surface area contributed by atoms with Crippen LogP contribution in [0.2, 0.25) is 5.02 Å². The van der Waals surface area contributed by atoms with E-state index >= 15 is 0 Å². The lowest BCUT2D eigenvalue weighted by Crippen LogP contribution is -2.31. The van der Waals surface area contributed by atoms with Crippen molar-refractivity contribution in [1.29, 1.82) is 5.26 Å².